The van der Waals surface area contributed by atoms with E-state index in [9.17, 15) is 14.0 Å². The number of fused-ring (bicyclic) bond motifs is 1. The number of amides is 1. The van der Waals surface area contributed by atoms with Crippen LogP contribution < -0.4 is 10.2 Å². The summed E-state index contributed by atoms with van der Waals surface area (Å²) in [5.74, 6) is -0.867. The van der Waals surface area contributed by atoms with E-state index in [1.54, 1.807) is 12.1 Å². The first kappa shape index (κ1) is 16.2. The molecule has 1 aliphatic heterocycles. The molecule has 0 saturated carbocycles. The smallest absolute Gasteiger partial charge is 0.221 e. The molecule has 0 radical (unpaired) electrons. The molecule has 0 unspecified atom stereocenters. The quantitative estimate of drug-likeness (QED) is 0.878. The average molecular weight is 326 g/mol. The third-order valence-corrected chi connectivity index (χ3v) is 4.26. The molecule has 0 aliphatic carbocycles. The summed E-state index contributed by atoms with van der Waals surface area (Å²) in [6.07, 6.45) is 0.722. The molecule has 0 saturated heterocycles. The van der Waals surface area contributed by atoms with Crippen molar-refractivity contribution in [2.45, 2.75) is 26.8 Å². The lowest BCUT2D eigenvalue weighted by molar-refractivity contribution is -0.114. The zero-order valence-corrected chi connectivity index (χ0v) is 13.7. The standard InChI is InChI=1S/C19H19FN2O2/c1-12(23)19-16(20)6-4-8-18(19)22-10-9-15-14(11-22)5-3-7-17(15)21-13(2)24/h3-8H,9-11H2,1-2H3,(H,21,24). The van der Waals surface area contributed by atoms with Crippen LogP contribution >= 0.6 is 0 Å². The average Bonchev–Trinajstić information content (AvgIpc) is 2.53. The summed E-state index contributed by atoms with van der Waals surface area (Å²) >= 11 is 0. The second-order valence-electron chi connectivity index (χ2n) is 5.99. The van der Waals surface area contributed by atoms with Crippen LogP contribution in [0.25, 0.3) is 0 Å². The minimum absolute atomic E-state index is 0.102. The number of halogens is 1. The Morgan fingerprint density at radius 3 is 2.58 bits per heavy atom. The summed E-state index contributed by atoms with van der Waals surface area (Å²) in [7, 11) is 0. The Morgan fingerprint density at radius 1 is 1.12 bits per heavy atom. The van der Waals surface area contributed by atoms with Gasteiger partial charge in [0.05, 0.1) is 11.3 Å². The number of nitrogens with zero attached hydrogens (tertiary/aromatic N) is 1. The Morgan fingerprint density at radius 2 is 1.88 bits per heavy atom. The van der Waals surface area contributed by atoms with E-state index >= 15 is 0 Å². The third kappa shape index (κ3) is 3.02. The van der Waals surface area contributed by atoms with Gasteiger partial charge in [-0.15, -0.1) is 0 Å². The zero-order chi connectivity index (χ0) is 17.3. The van der Waals surface area contributed by atoms with E-state index in [0.717, 1.165) is 23.2 Å². The van der Waals surface area contributed by atoms with Crippen LogP contribution in [0.15, 0.2) is 36.4 Å². The minimum atomic E-state index is -0.488. The number of hydrogen-bond acceptors (Lipinski definition) is 3. The van der Waals surface area contributed by atoms with Crippen molar-refractivity contribution in [3.8, 4) is 0 Å². The lowest BCUT2D eigenvalue weighted by atomic mass is 9.96. The van der Waals surface area contributed by atoms with Crippen molar-refractivity contribution in [2.75, 3.05) is 16.8 Å². The maximum Gasteiger partial charge on any atom is 0.221 e. The van der Waals surface area contributed by atoms with E-state index in [0.29, 0.717) is 18.8 Å². The van der Waals surface area contributed by atoms with Gasteiger partial charge in [-0.05, 0) is 42.7 Å². The van der Waals surface area contributed by atoms with Crippen LogP contribution in [0.1, 0.15) is 35.3 Å². The van der Waals surface area contributed by atoms with Gasteiger partial charge in [0.1, 0.15) is 5.82 Å². The maximum atomic E-state index is 14.1. The largest absolute Gasteiger partial charge is 0.366 e. The van der Waals surface area contributed by atoms with Crippen molar-refractivity contribution < 1.29 is 14.0 Å². The molecule has 1 N–H and O–H groups in total. The van der Waals surface area contributed by atoms with E-state index in [1.807, 2.05) is 23.1 Å². The number of rotatable bonds is 3. The van der Waals surface area contributed by atoms with Gasteiger partial charge in [0.25, 0.3) is 0 Å². The van der Waals surface area contributed by atoms with Crippen molar-refractivity contribution >= 4 is 23.1 Å². The molecule has 0 atom stereocenters. The second kappa shape index (κ2) is 6.43. The monoisotopic (exact) mass is 326 g/mol. The number of hydrogen-bond donors (Lipinski definition) is 1. The van der Waals surface area contributed by atoms with Crippen molar-refractivity contribution in [2.24, 2.45) is 0 Å². The van der Waals surface area contributed by atoms with Gasteiger partial charge in [-0.1, -0.05) is 18.2 Å². The van der Waals surface area contributed by atoms with E-state index in [1.165, 1.54) is 19.9 Å². The molecule has 124 valence electrons. The predicted molar refractivity (Wildman–Crippen MR) is 91.9 cm³/mol. The summed E-state index contributed by atoms with van der Waals surface area (Å²) in [6.45, 7) is 4.11. The van der Waals surface area contributed by atoms with Crippen molar-refractivity contribution in [3.05, 3.63) is 58.9 Å². The molecule has 4 nitrogen and oxygen atoms in total. The predicted octanol–water partition coefficient (Wildman–Crippen LogP) is 3.55. The van der Waals surface area contributed by atoms with Gasteiger partial charge in [0.15, 0.2) is 5.78 Å². The first-order valence-electron chi connectivity index (χ1n) is 7.90. The molecule has 0 spiro atoms. The highest BCUT2D eigenvalue weighted by atomic mass is 19.1. The summed E-state index contributed by atoms with van der Waals surface area (Å²) in [4.78, 5) is 25.2. The molecule has 0 aromatic heterocycles. The van der Waals surface area contributed by atoms with Gasteiger partial charge >= 0.3 is 0 Å². The first-order valence-corrected chi connectivity index (χ1v) is 7.90. The highest BCUT2D eigenvalue weighted by molar-refractivity contribution is 6.00. The second-order valence-corrected chi connectivity index (χ2v) is 5.99. The van der Waals surface area contributed by atoms with Crippen molar-refractivity contribution in [3.63, 3.8) is 0 Å². The Kier molecular flexibility index (Phi) is 4.34. The van der Waals surface area contributed by atoms with Crippen LogP contribution in [0, 0.1) is 5.82 Å². The van der Waals surface area contributed by atoms with Crippen LogP contribution in [0.5, 0.6) is 0 Å². The number of benzene rings is 2. The summed E-state index contributed by atoms with van der Waals surface area (Å²) < 4.78 is 14.1. The van der Waals surface area contributed by atoms with Gasteiger partial charge < -0.3 is 10.2 Å². The molecule has 0 bridgehead atoms. The SMILES string of the molecule is CC(=O)Nc1cccc2c1CCN(c1cccc(F)c1C(C)=O)C2. The number of nitrogens with one attached hydrogen (secondary N) is 1. The molecule has 1 amide bonds. The third-order valence-electron chi connectivity index (χ3n) is 4.26. The number of Topliss-reactive ketones (excluding diaryl/α,β-unsaturated/α-hetero) is 1. The van der Waals surface area contributed by atoms with Gasteiger partial charge in [-0.3, -0.25) is 9.59 Å². The summed E-state index contributed by atoms with van der Waals surface area (Å²) in [5.41, 5.74) is 3.76. The van der Waals surface area contributed by atoms with Gasteiger partial charge in [0.2, 0.25) is 5.91 Å². The Labute approximate surface area is 140 Å². The maximum absolute atomic E-state index is 14.1. The molecule has 2 aromatic carbocycles. The molecule has 1 aliphatic rings. The molecular formula is C19H19FN2O2. The van der Waals surface area contributed by atoms with E-state index in [2.05, 4.69) is 5.32 Å². The zero-order valence-electron chi connectivity index (χ0n) is 13.7. The fourth-order valence-corrected chi connectivity index (χ4v) is 3.25. The molecule has 1 heterocycles. The normalized spacial score (nSPS) is 13.4. The topological polar surface area (TPSA) is 49.4 Å². The van der Waals surface area contributed by atoms with Crippen LogP contribution in [-0.2, 0) is 17.8 Å². The van der Waals surface area contributed by atoms with Crippen LogP contribution in [-0.4, -0.2) is 18.2 Å². The van der Waals surface area contributed by atoms with E-state index in [4.69, 9.17) is 0 Å². The van der Waals surface area contributed by atoms with E-state index in [-0.39, 0.29) is 17.3 Å². The lowest BCUT2D eigenvalue weighted by Gasteiger charge is -2.33. The van der Waals surface area contributed by atoms with E-state index < -0.39 is 5.82 Å². The van der Waals surface area contributed by atoms with Crippen LogP contribution in [0.4, 0.5) is 15.8 Å². The number of carbonyl (C=O) groups is 2. The molecule has 2 aromatic rings. The Bertz CT molecular complexity index is 817. The number of carbonyl (C=O) groups excluding carboxylic acids is 2. The Hall–Kier alpha value is -2.69. The highest BCUT2D eigenvalue weighted by Gasteiger charge is 2.23. The fourth-order valence-electron chi connectivity index (χ4n) is 3.25. The van der Waals surface area contributed by atoms with Crippen LogP contribution in [0.2, 0.25) is 0 Å². The van der Waals surface area contributed by atoms with Gasteiger partial charge in [0, 0.05) is 25.7 Å². The number of anilines is 2. The molecule has 0 fully saturated rings. The molecule has 5 heteroatoms. The minimum Gasteiger partial charge on any atom is -0.366 e. The fraction of sp³-hybridized carbons (Fsp3) is 0.263. The highest BCUT2D eigenvalue weighted by Crippen LogP contribution is 2.32. The van der Waals surface area contributed by atoms with Crippen LogP contribution in [0.3, 0.4) is 0 Å². The van der Waals surface area contributed by atoms with Crippen molar-refractivity contribution in [1.82, 2.24) is 0 Å². The summed E-state index contributed by atoms with van der Waals surface area (Å²) in [5, 5.41) is 2.85. The molecule has 3 rings (SSSR count). The molecule has 24 heavy (non-hydrogen) atoms. The molecular weight excluding hydrogens is 307 g/mol. The van der Waals surface area contributed by atoms with Gasteiger partial charge in [-0.25, -0.2) is 4.39 Å². The lowest BCUT2D eigenvalue weighted by Crippen LogP contribution is -2.32. The van der Waals surface area contributed by atoms with Gasteiger partial charge in [-0.2, -0.15) is 0 Å². The Balaban J connectivity index is 1.96. The first-order chi connectivity index (χ1) is 11.5. The number of ketones is 1. The summed E-state index contributed by atoms with van der Waals surface area (Å²) in [6, 6.07) is 10.5. The van der Waals surface area contributed by atoms with Crippen molar-refractivity contribution in [1.29, 1.82) is 0 Å².